The fourth-order valence-electron chi connectivity index (χ4n) is 1.37. The first-order valence-electron chi connectivity index (χ1n) is 6.60. The molecule has 3 nitrogen and oxygen atoms in total. The molecule has 0 aromatic carbocycles. The van der Waals surface area contributed by atoms with Crippen molar-refractivity contribution in [1.82, 2.24) is 5.32 Å². The van der Waals surface area contributed by atoms with Crippen LogP contribution in [-0.2, 0) is 9.47 Å². The zero-order valence-electron chi connectivity index (χ0n) is 11.4. The fraction of sp³-hybridized carbons (Fsp3) is 1.00. The van der Waals surface area contributed by atoms with Crippen LogP contribution < -0.4 is 5.32 Å². The van der Waals surface area contributed by atoms with Crippen LogP contribution in [-0.4, -0.2) is 39.0 Å². The van der Waals surface area contributed by atoms with Crippen LogP contribution in [0.4, 0.5) is 0 Å². The summed E-state index contributed by atoms with van der Waals surface area (Å²) >= 11 is 0. The van der Waals surface area contributed by atoms with E-state index in [1.165, 1.54) is 0 Å². The van der Waals surface area contributed by atoms with Crippen molar-refractivity contribution in [3.05, 3.63) is 0 Å². The molecule has 0 aliphatic heterocycles. The van der Waals surface area contributed by atoms with E-state index in [4.69, 9.17) is 9.47 Å². The van der Waals surface area contributed by atoms with Gasteiger partial charge in [0.2, 0.25) is 0 Å². The van der Waals surface area contributed by atoms with Crippen molar-refractivity contribution in [2.75, 3.05) is 32.9 Å². The summed E-state index contributed by atoms with van der Waals surface area (Å²) in [5, 5.41) is 3.42. The molecule has 0 aliphatic carbocycles. The minimum Gasteiger partial charge on any atom is -0.379 e. The minimum atomic E-state index is 0.323. The van der Waals surface area contributed by atoms with Crippen molar-refractivity contribution in [3.8, 4) is 0 Å². The van der Waals surface area contributed by atoms with Crippen molar-refractivity contribution >= 4 is 0 Å². The van der Waals surface area contributed by atoms with Gasteiger partial charge in [-0.15, -0.1) is 0 Å². The minimum absolute atomic E-state index is 0.323. The van der Waals surface area contributed by atoms with E-state index >= 15 is 0 Å². The molecule has 16 heavy (non-hydrogen) atoms. The second-order valence-electron chi connectivity index (χ2n) is 4.57. The van der Waals surface area contributed by atoms with E-state index in [0.29, 0.717) is 25.2 Å². The van der Waals surface area contributed by atoms with Gasteiger partial charge in [0.25, 0.3) is 0 Å². The lowest BCUT2D eigenvalue weighted by molar-refractivity contribution is 0.00380. The molecule has 0 saturated heterocycles. The molecule has 1 unspecified atom stereocenters. The standard InChI is InChI=1S/C13H29NO2/c1-5-7-15-8-9-16-13(6-2)11-14-10-12(3)4/h12-14H,5-11H2,1-4H3. The lowest BCUT2D eigenvalue weighted by atomic mass is 10.2. The smallest absolute Gasteiger partial charge is 0.0704 e. The Morgan fingerprint density at radius 3 is 2.31 bits per heavy atom. The Kier molecular flexibility index (Phi) is 11.3. The highest BCUT2D eigenvalue weighted by molar-refractivity contribution is 4.60. The Morgan fingerprint density at radius 2 is 1.75 bits per heavy atom. The second-order valence-corrected chi connectivity index (χ2v) is 4.57. The molecule has 0 saturated carbocycles. The first-order chi connectivity index (χ1) is 7.70. The highest BCUT2D eigenvalue weighted by Crippen LogP contribution is 1.97. The van der Waals surface area contributed by atoms with E-state index < -0.39 is 0 Å². The van der Waals surface area contributed by atoms with E-state index in [2.05, 4.69) is 33.0 Å². The summed E-state index contributed by atoms with van der Waals surface area (Å²) in [6.45, 7) is 13.0. The van der Waals surface area contributed by atoms with E-state index in [1.807, 2.05) is 0 Å². The average Bonchev–Trinajstić information content (AvgIpc) is 2.26. The molecule has 98 valence electrons. The monoisotopic (exact) mass is 231 g/mol. The van der Waals surface area contributed by atoms with Gasteiger partial charge < -0.3 is 14.8 Å². The predicted octanol–water partition coefficient (Wildman–Crippen LogP) is 2.45. The van der Waals surface area contributed by atoms with Gasteiger partial charge in [-0.2, -0.15) is 0 Å². The molecule has 0 radical (unpaired) electrons. The van der Waals surface area contributed by atoms with Crippen molar-refractivity contribution in [2.45, 2.75) is 46.6 Å². The lowest BCUT2D eigenvalue weighted by Gasteiger charge is -2.17. The fourth-order valence-corrected chi connectivity index (χ4v) is 1.37. The summed E-state index contributed by atoms with van der Waals surface area (Å²) in [6.07, 6.45) is 2.45. The molecule has 0 heterocycles. The molecule has 0 rings (SSSR count). The third-order valence-electron chi connectivity index (χ3n) is 2.31. The maximum Gasteiger partial charge on any atom is 0.0704 e. The van der Waals surface area contributed by atoms with Crippen LogP contribution in [0.25, 0.3) is 0 Å². The molecule has 1 atom stereocenters. The summed E-state index contributed by atoms with van der Waals surface area (Å²) < 4.78 is 11.1. The van der Waals surface area contributed by atoms with E-state index in [0.717, 1.165) is 32.5 Å². The topological polar surface area (TPSA) is 30.5 Å². The highest BCUT2D eigenvalue weighted by Gasteiger charge is 2.05. The first kappa shape index (κ1) is 15.9. The Morgan fingerprint density at radius 1 is 1.00 bits per heavy atom. The third-order valence-corrected chi connectivity index (χ3v) is 2.31. The Labute approximate surface area is 101 Å². The summed E-state index contributed by atoms with van der Waals surface area (Å²) in [5.74, 6) is 0.699. The van der Waals surface area contributed by atoms with Crippen LogP contribution in [0.1, 0.15) is 40.5 Å². The number of hydrogen-bond acceptors (Lipinski definition) is 3. The van der Waals surface area contributed by atoms with Crippen LogP contribution in [0.5, 0.6) is 0 Å². The van der Waals surface area contributed by atoms with Crippen molar-refractivity contribution < 1.29 is 9.47 Å². The van der Waals surface area contributed by atoms with Crippen LogP contribution in [0.2, 0.25) is 0 Å². The molecule has 0 spiro atoms. The summed E-state index contributed by atoms with van der Waals surface area (Å²) in [7, 11) is 0. The lowest BCUT2D eigenvalue weighted by Crippen LogP contribution is -2.31. The molecule has 1 N–H and O–H groups in total. The van der Waals surface area contributed by atoms with Crippen LogP contribution >= 0.6 is 0 Å². The van der Waals surface area contributed by atoms with Gasteiger partial charge in [0.15, 0.2) is 0 Å². The molecule has 0 aliphatic rings. The Balaban J connectivity index is 3.36. The van der Waals surface area contributed by atoms with Crippen LogP contribution in [0, 0.1) is 5.92 Å². The zero-order valence-corrected chi connectivity index (χ0v) is 11.4. The van der Waals surface area contributed by atoms with Gasteiger partial charge in [-0.1, -0.05) is 27.7 Å². The van der Waals surface area contributed by atoms with E-state index in [9.17, 15) is 0 Å². The summed E-state index contributed by atoms with van der Waals surface area (Å²) in [6, 6.07) is 0. The average molecular weight is 231 g/mol. The molecular weight excluding hydrogens is 202 g/mol. The van der Waals surface area contributed by atoms with Crippen LogP contribution in [0.3, 0.4) is 0 Å². The summed E-state index contributed by atoms with van der Waals surface area (Å²) in [4.78, 5) is 0. The Bertz CT molecular complexity index is 140. The molecular formula is C13H29NO2. The van der Waals surface area contributed by atoms with Gasteiger partial charge in [-0.25, -0.2) is 0 Å². The summed E-state index contributed by atoms with van der Waals surface area (Å²) in [5.41, 5.74) is 0. The molecule has 0 aromatic rings. The predicted molar refractivity (Wildman–Crippen MR) is 68.8 cm³/mol. The van der Waals surface area contributed by atoms with Gasteiger partial charge in [-0.05, 0) is 25.3 Å². The van der Waals surface area contributed by atoms with Gasteiger partial charge in [0.05, 0.1) is 19.3 Å². The number of hydrogen-bond donors (Lipinski definition) is 1. The van der Waals surface area contributed by atoms with Crippen molar-refractivity contribution in [3.63, 3.8) is 0 Å². The largest absolute Gasteiger partial charge is 0.379 e. The molecule has 0 amide bonds. The molecule has 0 fully saturated rings. The normalized spacial score (nSPS) is 13.3. The maximum absolute atomic E-state index is 5.73. The maximum atomic E-state index is 5.73. The van der Waals surface area contributed by atoms with Crippen molar-refractivity contribution in [2.24, 2.45) is 5.92 Å². The quantitative estimate of drug-likeness (QED) is 0.554. The van der Waals surface area contributed by atoms with Gasteiger partial charge in [0.1, 0.15) is 0 Å². The third kappa shape index (κ3) is 10.4. The van der Waals surface area contributed by atoms with Gasteiger partial charge in [-0.3, -0.25) is 0 Å². The van der Waals surface area contributed by atoms with Gasteiger partial charge in [0, 0.05) is 13.2 Å². The Hall–Kier alpha value is -0.120. The SMILES string of the molecule is CCCOCCOC(CC)CNCC(C)C. The zero-order chi connectivity index (χ0) is 12.2. The van der Waals surface area contributed by atoms with E-state index in [1.54, 1.807) is 0 Å². The first-order valence-corrected chi connectivity index (χ1v) is 6.60. The molecule has 0 bridgehead atoms. The van der Waals surface area contributed by atoms with Gasteiger partial charge >= 0.3 is 0 Å². The van der Waals surface area contributed by atoms with Crippen molar-refractivity contribution in [1.29, 1.82) is 0 Å². The molecule has 0 aromatic heterocycles. The molecule has 3 heteroatoms. The number of rotatable bonds is 11. The number of nitrogens with one attached hydrogen (secondary N) is 1. The van der Waals surface area contributed by atoms with Crippen LogP contribution in [0.15, 0.2) is 0 Å². The second kappa shape index (κ2) is 11.4. The highest BCUT2D eigenvalue weighted by atomic mass is 16.5. The van der Waals surface area contributed by atoms with E-state index in [-0.39, 0.29) is 0 Å². The number of ether oxygens (including phenoxy) is 2.